The molecule has 4 rings (SSSR count). The van der Waals surface area contributed by atoms with Crippen molar-refractivity contribution in [3.05, 3.63) is 72.4 Å². The number of amides is 1. The molecule has 1 aliphatic carbocycles. The van der Waals surface area contributed by atoms with Crippen molar-refractivity contribution in [2.45, 2.75) is 43.0 Å². The molecule has 2 aromatic carbocycles. The average molecular weight is 425 g/mol. The van der Waals surface area contributed by atoms with Crippen molar-refractivity contribution in [1.29, 1.82) is 0 Å². The van der Waals surface area contributed by atoms with E-state index in [0.29, 0.717) is 23.1 Å². The molecule has 1 fully saturated rings. The lowest BCUT2D eigenvalue weighted by Crippen LogP contribution is -2.20. The molecule has 0 atom stereocenters. The van der Waals surface area contributed by atoms with Crippen LogP contribution in [0.15, 0.2) is 71.8 Å². The van der Waals surface area contributed by atoms with Crippen LogP contribution in [0, 0.1) is 0 Å². The van der Waals surface area contributed by atoms with Crippen LogP contribution in [-0.4, -0.2) is 24.1 Å². The van der Waals surface area contributed by atoms with Crippen molar-refractivity contribution in [1.82, 2.24) is 9.78 Å². The fourth-order valence-corrected chi connectivity index (χ4v) is 4.78. The maximum atomic E-state index is 12.7. The SMILES string of the molecule is O=C(Nc1ccnn1C1CCCCC1)c1ccc(S(=O)(=O)Nc2ccccc2)cc1. The molecule has 3 aromatic rings. The number of benzene rings is 2. The zero-order chi connectivity index (χ0) is 21.0. The van der Waals surface area contributed by atoms with E-state index in [2.05, 4.69) is 15.1 Å². The van der Waals surface area contributed by atoms with E-state index in [9.17, 15) is 13.2 Å². The standard InChI is InChI=1S/C22H24N4O3S/c27-22(24-21-15-16-23-26(21)19-9-5-2-6-10-19)17-11-13-20(14-12-17)30(28,29)25-18-7-3-1-4-8-18/h1,3-4,7-8,11-16,19,25H,2,5-6,9-10H2,(H,24,27). The first-order valence-electron chi connectivity index (χ1n) is 10.1. The summed E-state index contributed by atoms with van der Waals surface area (Å²) in [6.07, 6.45) is 7.40. The fourth-order valence-electron chi connectivity index (χ4n) is 3.72. The minimum Gasteiger partial charge on any atom is -0.307 e. The number of hydrogen-bond acceptors (Lipinski definition) is 4. The third-order valence-corrected chi connectivity index (χ3v) is 6.68. The first-order chi connectivity index (χ1) is 14.5. The van der Waals surface area contributed by atoms with E-state index in [1.165, 1.54) is 43.5 Å². The lowest BCUT2D eigenvalue weighted by molar-refractivity contribution is 0.102. The highest BCUT2D eigenvalue weighted by atomic mass is 32.2. The molecule has 1 heterocycles. The summed E-state index contributed by atoms with van der Waals surface area (Å²) in [5.74, 6) is 0.363. The summed E-state index contributed by atoms with van der Waals surface area (Å²) in [7, 11) is -3.72. The van der Waals surface area contributed by atoms with E-state index < -0.39 is 10.0 Å². The van der Waals surface area contributed by atoms with E-state index in [4.69, 9.17) is 0 Å². The van der Waals surface area contributed by atoms with Crippen LogP contribution in [0.1, 0.15) is 48.5 Å². The Bertz CT molecular complexity index is 1100. The van der Waals surface area contributed by atoms with E-state index in [1.807, 2.05) is 10.7 Å². The second-order valence-electron chi connectivity index (χ2n) is 7.40. The zero-order valence-corrected chi connectivity index (χ0v) is 17.3. The maximum absolute atomic E-state index is 12.7. The topological polar surface area (TPSA) is 93.1 Å². The van der Waals surface area contributed by atoms with Crippen LogP contribution >= 0.6 is 0 Å². The molecule has 0 radical (unpaired) electrons. The van der Waals surface area contributed by atoms with E-state index in [0.717, 1.165) is 12.8 Å². The van der Waals surface area contributed by atoms with Gasteiger partial charge < -0.3 is 5.32 Å². The lowest BCUT2D eigenvalue weighted by Gasteiger charge is -2.23. The third-order valence-electron chi connectivity index (χ3n) is 5.29. The van der Waals surface area contributed by atoms with Crippen LogP contribution in [0.5, 0.6) is 0 Å². The Hall–Kier alpha value is -3.13. The number of hydrogen-bond donors (Lipinski definition) is 2. The van der Waals surface area contributed by atoms with Gasteiger partial charge in [-0.2, -0.15) is 5.10 Å². The van der Waals surface area contributed by atoms with Gasteiger partial charge in [0.2, 0.25) is 0 Å². The van der Waals surface area contributed by atoms with Gasteiger partial charge in [-0.25, -0.2) is 13.1 Å². The normalized spacial score (nSPS) is 14.9. The quantitative estimate of drug-likeness (QED) is 0.612. The fraction of sp³-hybridized carbons (Fsp3) is 0.273. The van der Waals surface area contributed by atoms with Gasteiger partial charge in [0.1, 0.15) is 5.82 Å². The number of anilines is 2. The Kier molecular flexibility index (Phi) is 5.85. The molecule has 1 aliphatic rings. The summed E-state index contributed by atoms with van der Waals surface area (Å²) >= 11 is 0. The number of aromatic nitrogens is 2. The highest BCUT2D eigenvalue weighted by Crippen LogP contribution is 2.30. The average Bonchev–Trinajstić information content (AvgIpc) is 3.23. The van der Waals surface area contributed by atoms with Crippen LogP contribution in [0.25, 0.3) is 0 Å². The zero-order valence-electron chi connectivity index (χ0n) is 16.5. The van der Waals surface area contributed by atoms with E-state index in [-0.39, 0.29) is 10.8 Å². The molecule has 0 aliphatic heterocycles. The number of carbonyl (C=O) groups is 1. The molecular weight excluding hydrogens is 400 g/mol. The van der Waals surface area contributed by atoms with Gasteiger partial charge in [-0.1, -0.05) is 37.5 Å². The maximum Gasteiger partial charge on any atom is 0.261 e. The number of sulfonamides is 1. The summed E-state index contributed by atoms with van der Waals surface area (Å²) in [6.45, 7) is 0. The van der Waals surface area contributed by atoms with Crippen molar-refractivity contribution < 1.29 is 13.2 Å². The number of para-hydroxylation sites is 1. The monoisotopic (exact) mass is 424 g/mol. The van der Waals surface area contributed by atoms with Crippen molar-refractivity contribution in [3.8, 4) is 0 Å². The first-order valence-corrected chi connectivity index (χ1v) is 11.5. The predicted octanol–water partition coefficient (Wildman–Crippen LogP) is 4.44. The molecule has 1 saturated carbocycles. The van der Waals surface area contributed by atoms with E-state index in [1.54, 1.807) is 36.5 Å². The second-order valence-corrected chi connectivity index (χ2v) is 9.09. The highest BCUT2D eigenvalue weighted by Gasteiger charge is 2.20. The van der Waals surface area contributed by atoms with Crippen LogP contribution in [0.2, 0.25) is 0 Å². The number of nitrogens with one attached hydrogen (secondary N) is 2. The lowest BCUT2D eigenvalue weighted by atomic mass is 9.96. The molecule has 1 amide bonds. The number of carbonyl (C=O) groups excluding carboxylic acids is 1. The van der Waals surface area contributed by atoms with Gasteiger partial charge in [0.15, 0.2) is 0 Å². The molecule has 8 heteroatoms. The molecular formula is C22H24N4O3S. The third kappa shape index (κ3) is 4.54. The Balaban J connectivity index is 1.46. The summed E-state index contributed by atoms with van der Waals surface area (Å²) in [5.41, 5.74) is 0.861. The van der Waals surface area contributed by atoms with Crippen LogP contribution < -0.4 is 10.0 Å². The molecule has 0 bridgehead atoms. The summed E-state index contributed by atoms with van der Waals surface area (Å²) in [4.78, 5) is 12.8. The molecule has 2 N–H and O–H groups in total. The van der Waals surface area contributed by atoms with Gasteiger partial charge >= 0.3 is 0 Å². The second kappa shape index (κ2) is 8.71. The van der Waals surface area contributed by atoms with Gasteiger partial charge in [-0.05, 0) is 49.2 Å². The molecule has 1 aromatic heterocycles. The minimum absolute atomic E-state index is 0.0927. The largest absolute Gasteiger partial charge is 0.307 e. The van der Waals surface area contributed by atoms with Gasteiger partial charge in [0.25, 0.3) is 15.9 Å². The Morgan fingerprint density at radius 1 is 0.933 bits per heavy atom. The Morgan fingerprint density at radius 2 is 1.63 bits per heavy atom. The summed E-state index contributed by atoms with van der Waals surface area (Å²) in [5, 5.41) is 7.29. The minimum atomic E-state index is -3.72. The summed E-state index contributed by atoms with van der Waals surface area (Å²) < 4.78 is 29.5. The number of rotatable bonds is 6. The van der Waals surface area contributed by atoms with Crippen molar-refractivity contribution in [3.63, 3.8) is 0 Å². The molecule has 30 heavy (non-hydrogen) atoms. The molecule has 156 valence electrons. The molecule has 7 nitrogen and oxygen atoms in total. The molecule has 0 unspecified atom stereocenters. The smallest absolute Gasteiger partial charge is 0.261 e. The van der Waals surface area contributed by atoms with Crippen LogP contribution in [0.4, 0.5) is 11.5 Å². The highest BCUT2D eigenvalue weighted by molar-refractivity contribution is 7.92. The van der Waals surface area contributed by atoms with Crippen LogP contribution in [-0.2, 0) is 10.0 Å². The van der Waals surface area contributed by atoms with E-state index >= 15 is 0 Å². The Morgan fingerprint density at radius 3 is 2.33 bits per heavy atom. The first kappa shape index (κ1) is 20.2. The van der Waals surface area contributed by atoms with Crippen molar-refractivity contribution in [2.24, 2.45) is 0 Å². The Labute approximate surface area is 176 Å². The van der Waals surface area contributed by atoms with Crippen LogP contribution in [0.3, 0.4) is 0 Å². The van der Waals surface area contributed by atoms with Gasteiger partial charge in [-0.15, -0.1) is 0 Å². The van der Waals surface area contributed by atoms with Gasteiger partial charge in [0, 0.05) is 17.3 Å². The van der Waals surface area contributed by atoms with Crippen molar-refractivity contribution in [2.75, 3.05) is 10.0 Å². The molecule has 0 spiro atoms. The predicted molar refractivity (Wildman–Crippen MR) is 116 cm³/mol. The number of nitrogens with zero attached hydrogens (tertiary/aromatic N) is 2. The molecule has 0 saturated heterocycles. The summed E-state index contributed by atoms with van der Waals surface area (Å²) in [6, 6.07) is 16.6. The van der Waals surface area contributed by atoms with Crippen molar-refractivity contribution >= 4 is 27.4 Å². The van der Waals surface area contributed by atoms with Gasteiger partial charge in [0.05, 0.1) is 17.1 Å². The van der Waals surface area contributed by atoms with Gasteiger partial charge in [-0.3, -0.25) is 9.52 Å².